The fourth-order valence-corrected chi connectivity index (χ4v) is 5.48. The van der Waals surface area contributed by atoms with Gasteiger partial charge in [0.15, 0.2) is 0 Å². The second-order valence-corrected chi connectivity index (χ2v) is 10.8. The smallest absolute Gasteiger partial charge is 0.116 e. The molecule has 1 saturated heterocycles. The lowest BCUT2D eigenvalue weighted by Gasteiger charge is -2.24. The fraction of sp³-hybridized carbons (Fsp3) is 0.243. The average molecular weight is 573 g/mol. The van der Waals surface area contributed by atoms with Crippen LogP contribution in [0.5, 0.6) is 0 Å². The van der Waals surface area contributed by atoms with Gasteiger partial charge in [0.1, 0.15) is 5.69 Å². The van der Waals surface area contributed by atoms with Crippen molar-refractivity contribution in [3.8, 4) is 11.4 Å². The summed E-state index contributed by atoms with van der Waals surface area (Å²) in [6.45, 7) is 24.9. The summed E-state index contributed by atoms with van der Waals surface area (Å²) in [6.07, 6.45) is 19.0. The van der Waals surface area contributed by atoms with Crippen LogP contribution >= 0.6 is 0 Å². The van der Waals surface area contributed by atoms with Crippen molar-refractivity contribution in [2.24, 2.45) is 5.92 Å². The van der Waals surface area contributed by atoms with E-state index in [1.54, 1.807) is 12.3 Å². The van der Waals surface area contributed by atoms with E-state index in [1.165, 1.54) is 12.8 Å². The Labute approximate surface area is 255 Å². The number of hydrogen-bond acceptors (Lipinski definition) is 4. The van der Waals surface area contributed by atoms with E-state index in [1.807, 2.05) is 50.3 Å². The first-order valence-electron chi connectivity index (χ1n) is 14.9. The number of nitrogens with zero attached hydrogens (tertiary/aromatic N) is 2. The minimum atomic E-state index is 0.657. The second-order valence-electron chi connectivity index (χ2n) is 10.8. The van der Waals surface area contributed by atoms with Crippen molar-refractivity contribution in [1.82, 2.24) is 30.8 Å². The van der Waals surface area contributed by atoms with E-state index in [-0.39, 0.29) is 0 Å². The Bertz CT molecular complexity index is 1680. The van der Waals surface area contributed by atoms with E-state index in [9.17, 15) is 0 Å². The van der Waals surface area contributed by atoms with Crippen molar-refractivity contribution in [2.45, 2.75) is 40.0 Å². The molecule has 4 N–H and O–H groups in total. The monoisotopic (exact) mass is 572 g/mol. The number of rotatable bonds is 12. The van der Waals surface area contributed by atoms with Gasteiger partial charge in [-0.15, -0.1) is 0 Å². The predicted octanol–water partition coefficient (Wildman–Crippen LogP) is 6.37. The molecule has 4 rings (SSSR count). The van der Waals surface area contributed by atoms with Crippen LogP contribution in [0.4, 0.5) is 0 Å². The van der Waals surface area contributed by atoms with Crippen molar-refractivity contribution in [3.63, 3.8) is 0 Å². The van der Waals surface area contributed by atoms with Crippen LogP contribution in [0.2, 0.25) is 0 Å². The number of pyridine rings is 1. The zero-order valence-electron chi connectivity index (χ0n) is 25.8. The van der Waals surface area contributed by atoms with Crippen LogP contribution in [0, 0.1) is 12.8 Å². The molecule has 0 radical (unpaired) electrons. The molecule has 3 aromatic heterocycles. The molecule has 0 unspecified atom stereocenters. The first-order valence-corrected chi connectivity index (χ1v) is 14.9. The molecule has 4 heterocycles. The lowest BCUT2D eigenvalue weighted by Crippen LogP contribution is -2.28. The second kappa shape index (κ2) is 15.0. The SMILES string of the molecule is C=C/C=C(/c1ccccn1)c1cc(-c2n[nH]c(=C/C)/c2=C\C(=C)C(/C=C(\C=C)NC(=C)CC2CCNCC2)=C/C)[nH]c1C. The van der Waals surface area contributed by atoms with Crippen molar-refractivity contribution in [3.05, 3.63) is 137 Å². The average Bonchev–Trinajstić information content (AvgIpc) is 3.61. The standard InChI is InChI=1S/C37H44N6/c1-8-14-31(35-15-12-13-18-39-35)32-24-36(41-27(32)7)37-33(34(11-4)42-43-37)21-25(5)29(9-2)23-30(10-3)40-26(6)22-28-16-19-38-20-17-28/h8-15,18,21,23-24,28,38,40-42H,1,3,5-6,16-17,19-20,22H2,2,4,7H3/b29-9+,30-23+,31-14+,33-21+,34-11+. The molecule has 0 aliphatic carbocycles. The molecule has 43 heavy (non-hydrogen) atoms. The molecule has 6 heteroatoms. The highest BCUT2D eigenvalue weighted by Gasteiger charge is 2.16. The highest BCUT2D eigenvalue weighted by atomic mass is 15.1. The quantitative estimate of drug-likeness (QED) is 0.190. The molecule has 6 nitrogen and oxygen atoms in total. The Balaban J connectivity index is 1.64. The molecule has 0 amide bonds. The zero-order valence-corrected chi connectivity index (χ0v) is 25.8. The predicted molar refractivity (Wildman–Crippen MR) is 182 cm³/mol. The van der Waals surface area contributed by atoms with Crippen LogP contribution in [0.25, 0.3) is 29.1 Å². The van der Waals surface area contributed by atoms with Crippen LogP contribution in [0.15, 0.2) is 110 Å². The Morgan fingerprint density at radius 2 is 1.93 bits per heavy atom. The van der Waals surface area contributed by atoms with Crippen LogP contribution in [-0.2, 0) is 0 Å². The molecular formula is C37H44N6. The molecule has 0 spiro atoms. The molecule has 0 bridgehead atoms. The normalized spacial score (nSPS) is 15.9. The highest BCUT2D eigenvalue weighted by molar-refractivity contribution is 5.82. The van der Waals surface area contributed by atoms with E-state index in [4.69, 9.17) is 5.10 Å². The molecule has 3 aromatic rings. The number of aromatic nitrogens is 4. The van der Waals surface area contributed by atoms with Gasteiger partial charge in [-0.25, -0.2) is 0 Å². The zero-order chi connectivity index (χ0) is 30.8. The summed E-state index contributed by atoms with van der Waals surface area (Å²) in [4.78, 5) is 8.12. The maximum absolute atomic E-state index is 4.71. The highest BCUT2D eigenvalue weighted by Crippen LogP contribution is 2.28. The first kappa shape index (κ1) is 31.3. The molecule has 1 aliphatic heterocycles. The van der Waals surface area contributed by atoms with Crippen molar-refractivity contribution in [2.75, 3.05) is 13.1 Å². The molecule has 0 atom stereocenters. The van der Waals surface area contributed by atoms with Crippen molar-refractivity contribution in [1.29, 1.82) is 0 Å². The van der Waals surface area contributed by atoms with Crippen molar-refractivity contribution < 1.29 is 0 Å². The van der Waals surface area contributed by atoms with Gasteiger partial charge >= 0.3 is 0 Å². The topological polar surface area (TPSA) is 81.4 Å². The minimum Gasteiger partial charge on any atom is -0.359 e. The van der Waals surface area contributed by atoms with Crippen molar-refractivity contribution >= 4 is 17.7 Å². The van der Waals surface area contributed by atoms with Gasteiger partial charge in [-0.1, -0.05) is 56.7 Å². The third-order valence-corrected chi connectivity index (χ3v) is 7.75. The summed E-state index contributed by atoms with van der Waals surface area (Å²) in [5.41, 5.74) is 9.43. The number of piperidine rings is 1. The molecule has 1 aliphatic rings. The maximum atomic E-state index is 4.71. The van der Waals surface area contributed by atoms with Crippen LogP contribution in [0.3, 0.4) is 0 Å². The summed E-state index contributed by atoms with van der Waals surface area (Å²) in [7, 11) is 0. The summed E-state index contributed by atoms with van der Waals surface area (Å²) >= 11 is 0. The number of aromatic amines is 2. The number of allylic oxidation sites excluding steroid dienone is 8. The van der Waals surface area contributed by atoms with Gasteiger partial charge in [0.25, 0.3) is 0 Å². The third-order valence-electron chi connectivity index (χ3n) is 7.75. The molecule has 0 saturated carbocycles. The lowest BCUT2D eigenvalue weighted by atomic mass is 9.93. The lowest BCUT2D eigenvalue weighted by molar-refractivity contribution is 0.368. The van der Waals surface area contributed by atoms with Gasteiger partial charge < -0.3 is 15.6 Å². The van der Waals surface area contributed by atoms with Gasteiger partial charge in [-0.05, 0) is 107 Å². The van der Waals surface area contributed by atoms with E-state index < -0.39 is 0 Å². The summed E-state index contributed by atoms with van der Waals surface area (Å²) < 4.78 is 0. The Morgan fingerprint density at radius 3 is 2.58 bits per heavy atom. The number of H-pyrrole nitrogens is 2. The van der Waals surface area contributed by atoms with Gasteiger partial charge in [0, 0.05) is 39.6 Å². The first-order chi connectivity index (χ1) is 20.9. The van der Waals surface area contributed by atoms with Crippen LogP contribution in [0.1, 0.15) is 50.1 Å². The summed E-state index contributed by atoms with van der Waals surface area (Å²) in [5.74, 6) is 0.657. The molecule has 1 fully saturated rings. The Morgan fingerprint density at radius 1 is 1.14 bits per heavy atom. The van der Waals surface area contributed by atoms with Crippen LogP contribution in [-0.4, -0.2) is 33.3 Å². The molecule has 0 aromatic carbocycles. The summed E-state index contributed by atoms with van der Waals surface area (Å²) in [5, 5.41) is 16.7. The third kappa shape index (κ3) is 7.79. The minimum absolute atomic E-state index is 0.657. The molecule has 222 valence electrons. The summed E-state index contributed by atoms with van der Waals surface area (Å²) in [6, 6.07) is 8.03. The molecular weight excluding hydrogens is 528 g/mol. The van der Waals surface area contributed by atoms with E-state index >= 15 is 0 Å². The van der Waals surface area contributed by atoms with Crippen LogP contribution < -0.4 is 21.2 Å². The Hall–Kier alpha value is -4.68. The van der Waals surface area contributed by atoms with E-state index in [0.29, 0.717) is 5.92 Å². The largest absolute Gasteiger partial charge is 0.359 e. The fourth-order valence-electron chi connectivity index (χ4n) is 5.48. The van der Waals surface area contributed by atoms with Gasteiger partial charge in [0.05, 0.1) is 16.7 Å². The van der Waals surface area contributed by atoms with Gasteiger partial charge in [-0.2, -0.15) is 5.10 Å². The number of nitrogens with one attached hydrogen (secondary N) is 4. The maximum Gasteiger partial charge on any atom is 0.116 e. The number of aryl methyl sites for hydroxylation is 1. The Kier molecular flexibility index (Phi) is 10.9. The van der Waals surface area contributed by atoms with E-state index in [2.05, 4.69) is 83.2 Å². The van der Waals surface area contributed by atoms with Gasteiger partial charge in [-0.3, -0.25) is 10.1 Å². The van der Waals surface area contributed by atoms with E-state index in [0.717, 1.165) is 86.5 Å². The van der Waals surface area contributed by atoms with Gasteiger partial charge in [0.2, 0.25) is 0 Å². The number of hydrogen-bond donors (Lipinski definition) is 4.